The van der Waals surface area contributed by atoms with Gasteiger partial charge in [0.2, 0.25) is 5.78 Å². The Labute approximate surface area is 242 Å². The Hall–Kier alpha value is -3.94. The number of carbonyl (C=O) groups excluding carboxylic acids is 4. The number of phenols is 1. The highest BCUT2D eigenvalue weighted by atomic mass is 16.5. The Morgan fingerprint density at radius 1 is 1.17 bits per heavy atom. The van der Waals surface area contributed by atoms with Crippen LogP contribution in [0.5, 0.6) is 5.75 Å². The number of aromatic hydroxyl groups is 1. The summed E-state index contributed by atoms with van der Waals surface area (Å²) in [6.45, 7) is 5.30. The van der Waals surface area contributed by atoms with Gasteiger partial charge in [0.15, 0.2) is 11.4 Å². The van der Waals surface area contributed by atoms with Gasteiger partial charge in [-0.2, -0.15) is 0 Å². The number of nitrogens with zero attached hydrogens (tertiary/aromatic N) is 1. The summed E-state index contributed by atoms with van der Waals surface area (Å²) in [5, 5.41) is 60.0. The largest absolute Gasteiger partial charge is 0.510 e. The van der Waals surface area contributed by atoms with Crippen LogP contribution in [-0.4, -0.2) is 98.4 Å². The summed E-state index contributed by atoms with van der Waals surface area (Å²) in [5.74, 6) is -10.2. The van der Waals surface area contributed by atoms with E-state index in [0.717, 1.165) is 0 Å². The summed E-state index contributed by atoms with van der Waals surface area (Å²) in [6, 6.07) is 0.868. The topological polar surface area (TPSA) is 220 Å². The first kappa shape index (κ1) is 31.0. The van der Waals surface area contributed by atoms with Gasteiger partial charge in [-0.25, -0.2) is 4.79 Å². The van der Waals surface area contributed by atoms with E-state index in [0.29, 0.717) is 18.4 Å². The number of rotatable bonds is 8. The summed E-state index contributed by atoms with van der Waals surface area (Å²) in [4.78, 5) is 53.5. The number of amides is 1. The van der Waals surface area contributed by atoms with Crippen LogP contribution in [0.25, 0.3) is 0 Å². The number of anilines is 1. The molecule has 228 valence electrons. The van der Waals surface area contributed by atoms with Gasteiger partial charge < -0.3 is 41.3 Å². The second-order valence-corrected chi connectivity index (χ2v) is 11.2. The molecule has 0 saturated heterocycles. The van der Waals surface area contributed by atoms with Crippen molar-refractivity contribution in [1.29, 1.82) is 0 Å². The van der Waals surface area contributed by atoms with E-state index in [4.69, 9.17) is 10.5 Å². The molecule has 42 heavy (non-hydrogen) atoms. The SMILES string of the molecule is CCCC(Nc1ccc2c(c1O)C(=O)C1=C(O)[C@@]3(O)C(=O)C(C(N)=O)=C(O)[C@H](N(C)C)[C@H]3[C@H](O)[C@H]1[C@@H]2C)C(=O)OCC. The molecule has 8 N–H and O–H groups in total. The van der Waals surface area contributed by atoms with Gasteiger partial charge >= 0.3 is 5.97 Å². The molecule has 0 heterocycles. The Bertz CT molecular complexity index is 1420. The molecule has 1 amide bonds. The molecule has 4 rings (SSSR count). The second kappa shape index (κ2) is 11.0. The maximum absolute atomic E-state index is 14.0. The van der Waals surface area contributed by atoms with Crippen molar-refractivity contribution in [3.63, 3.8) is 0 Å². The van der Waals surface area contributed by atoms with Crippen LogP contribution in [0, 0.1) is 11.8 Å². The number of nitrogens with one attached hydrogen (secondary N) is 1. The van der Waals surface area contributed by atoms with E-state index >= 15 is 0 Å². The van der Waals surface area contributed by atoms with E-state index in [9.17, 15) is 44.7 Å². The number of hydrogen-bond donors (Lipinski definition) is 7. The maximum Gasteiger partial charge on any atom is 0.328 e. The summed E-state index contributed by atoms with van der Waals surface area (Å²) in [6.07, 6.45) is -0.706. The van der Waals surface area contributed by atoms with E-state index in [-0.39, 0.29) is 17.9 Å². The van der Waals surface area contributed by atoms with Gasteiger partial charge in [-0.15, -0.1) is 0 Å². The van der Waals surface area contributed by atoms with Gasteiger partial charge in [-0.1, -0.05) is 26.3 Å². The van der Waals surface area contributed by atoms with E-state index in [1.807, 2.05) is 6.92 Å². The Morgan fingerprint density at radius 3 is 2.36 bits per heavy atom. The highest BCUT2D eigenvalue weighted by Crippen LogP contribution is 2.56. The van der Waals surface area contributed by atoms with Crippen molar-refractivity contribution in [2.75, 3.05) is 26.0 Å². The number of primary amides is 1. The lowest BCUT2D eigenvalue weighted by Gasteiger charge is -2.53. The van der Waals surface area contributed by atoms with Crippen LogP contribution in [0.3, 0.4) is 0 Å². The quantitative estimate of drug-likeness (QED) is 0.128. The van der Waals surface area contributed by atoms with Crippen LogP contribution in [0.2, 0.25) is 0 Å². The van der Waals surface area contributed by atoms with Crippen molar-refractivity contribution in [2.24, 2.45) is 17.6 Å². The fraction of sp³-hybridized carbons (Fsp3) is 0.517. The zero-order valence-corrected chi connectivity index (χ0v) is 24.0. The molecule has 0 radical (unpaired) electrons. The van der Waals surface area contributed by atoms with Crippen molar-refractivity contribution < 1.29 is 49.4 Å². The van der Waals surface area contributed by atoms with Gasteiger partial charge in [0.1, 0.15) is 28.9 Å². The van der Waals surface area contributed by atoms with Crippen LogP contribution >= 0.6 is 0 Å². The minimum atomic E-state index is -2.99. The number of fused-ring (bicyclic) bond motifs is 3. The average Bonchev–Trinajstić information content (AvgIpc) is 2.91. The fourth-order valence-electron chi connectivity index (χ4n) is 6.71. The number of phenolic OH excluding ortho intramolecular Hbond substituents is 1. The van der Waals surface area contributed by atoms with Gasteiger partial charge in [-0.3, -0.25) is 19.3 Å². The highest BCUT2D eigenvalue weighted by molar-refractivity contribution is 6.25. The standard InChI is InChI=1S/C29H37N3O10/c1-6-8-14(28(40)42-7-2)31-13-10-9-12-11(3)15-17(22(34)16(12)21(13)33)25(37)29(41)19(23(15)35)20(32(4)5)24(36)18(26(29)38)27(30)39/h9-11,14-15,19-20,23,31,33,35-37,41H,6-8H2,1-5H3,(H2,30,39)/t11-,14?,15+,19+,20-,23-,29-/m1/s1. The van der Waals surface area contributed by atoms with E-state index in [1.54, 1.807) is 19.9 Å². The number of likely N-dealkylation sites (N-methyl/N-ethyl adjacent to an activating group) is 1. The van der Waals surface area contributed by atoms with Crippen molar-refractivity contribution in [1.82, 2.24) is 4.90 Å². The first-order valence-electron chi connectivity index (χ1n) is 13.8. The van der Waals surface area contributed by atoms with Gasteiger partial charge in [0.25, 0.3) is 5.91 Å². The molecule has 0 bridgehead atoms. The van der Waals surface area contributed by atoms with Crippen LogP contribution in [0.15, 0.2) is 34.8 Å². The Balaban J connectivity index is 1.91. The van der Waals surface area contributed by atoms with Crippen LogP contribution in [0.4, 0.5) is 5.69 Å². The predicted octanol–water partition coefficient (Wildman–Crippen LogP) is 0.796. The zero-order valence-electron chi connectivity index (χ0n) is 24.0. The predicted molar refractivity (Wildman–Crippen MR) is 149 cm³/mol. The average molecular weight is 588 g/mol. The van der Waals surface area contributed by atoms with E-state index < -0.39 is 93.4 Å². The molecule has 7 atom stereocenters. The Kier molecular flexibility index (Phi) is 8.15. The van der Waals surface area contributed by atoms with Crippen molar-refractivity contribution in [3.8, 4) is 5.75 Å². The first-order valence-corrected chi connectivity index (χ1v) is 13.8. The van der Waals surface area contributed by atoms with Crippen LogP contribution < -0.4 is 11.1 Å². The van der Waals surface area contributed by atoms with E-state index in [1.165, 1.54) is 25.1 Å². The molecule has 3 aliphatic carbocycles. The summed E-state index contributed by atoms with van der Waals surface area (Å²) >= 11 is 0. The summed E-state index contributed by atoms with van der Waals surface area (Å²) in [7, 11) is 2.94. The lowest BCUT2D eigenvalue weighted by molar-refractivity contribution is -0.162. The van der Waals surface area contributed by atoms with Gasteiger partial charge in [-0.05, 0) is 45.0 Å². The molecular formula is C29H37N3O10. The van der Waals surface area contributed by atoms with Crippen LogP contribution in [0.1, 0.15) is 55.5 Å². The smallest absolute Gasteiger partial charge is 0.328 e. The molecule has 1 aromatic carbocycles. The minimum absolute atomic E-state index is 0.0394. The number of aliphatic hydroxyl groups excluding tert-OH is 3. The van der Waals surface area contributed by atoms with Gasteiger partial charge in [0, 0.05) is 11.5 Å². The lowest BCUT2D eigenvalue weighted by atomic mass is 9.55. The number of ketones is 2. The number of aliphatic hydroxyl groups is 4. The first-order chi connectivity index (χ1) is 19.7. The molecular weight excluding hydrogens is 550 g/mol. The van der Waals surface area contributed by atoms with E-state index in [2.05, 4.69) is 5.32 Å². The molecule has 13 heteroatoms. The number of benzene rings is 1. The summed E-state index contributed by atoms with van der Waals surface area (Å²) < 4.78 is 5.11. The third kappa shape index (κ3) is 4.34. The molecule has 0 aromatic heterocycles. The third-order valence-corrected chi connectivity index (χ3v) is 8.61. The molecule has 1 aromatic rings. The van der Waals surface area contributed by atoms with Crippen LogP contribution in [-0.2, 0) is 19.1 Å². The monoisotopic (exact) mass is 587 g/mol. The minimum Gasteiger partial charge on any atom is -0.510 e. The summed E-state index contributed by atoms with van der Waals surface area (Å²) in [5.41, 5.74) is 0.984. The zero-order chi connectivity index (χ0) is 31.4. The molecule has 0 saturated carbocycles. The molecule has 0 spiro atoms. The normalized spacial score (nSPS) is 29.6. The maximum atomic E-state index is 14.0. The fourth-order valence-corrected chi connectivity index (χ4v) is 6.71. The number of nitrogens with two attached hydrogens (primary N) is 1. The van der Waals surface area contributed by atoms with Gasteiger partial charge in [0.05, 0.1) is 35.9 Å². The molecule has 0 fully saturated rings. The van der Waals surface area contributed by atoms with Crippen molar-refractivity contribution in [3.05, 3.63) is 45.9 Å². The Morgan fingerprint density at radius 2 is 1.81 bits per heavy atom. The molecule has 13 nitrogen and oxygen atoms in total. The number of carbonyl (C=O) groups is 4. The molecule has 1 unspecified atom stereocenters. The number of ether oxygens (including phenoxy) is 1. The van der Waals surface area contributed by atoms with Crippen molar-refractivity contribution in [2.45, 2.75) is 63.3 Å². The number of hydrogen-bond acceptors (Lipinski definition) is 12. The second-order valence-electron chi connectivity index (χ2n) is 11.2. The lowest BCUT2D eigenvalue weighted by Crippen LogP contribution is -2.68. The highest BCUT2D eigenvalue weighted by Gasteiger charge is 2.67. The molecule has 0 aliphatic heterocycles. The number of esters is 1. The third-order valence-electron chi connectivity index (χ3n) is 8.61. The number of Topliss-reactive ketones (excluding diaryl/α,β-unsaturated/α-hetero) is 2. The van der Waals surface area contributed by atoms with Crippen molar-refractivity contribution >= 4 is 29.1 Å². The molecule has 3 aliphatic rings.